The Morgan fingerprint density at radius 3 is 2.72 bits per heavy atom. The summed E-state index contributed by atoms with van der Waals surface area (Å²) < 4.78 is 1.93. The van der Waals surface area contributed by atoms with Gasteiger partial charge in [0.05, 0.1) is 0 Å². The number of rotatable bonds is 3. The smallest absolute Gasteiger partial charge is 0.234 e. The Balaban J connectivity index is 1.92. The number of fused-ring (bicyclic) bond motifs is 1. The predicted molar refractivity (Wildman–Crippen MR) is 71.8 cm³/mol. The lowest BCUT2D eigenvalue weighted by Crippen LogP contribution is -2.34. The SMILES string of the molecule is CC(C)(N)Cc1nn2c(C3CCCC3)nnc2s1. The summed E-state index contributed by atoms with van der Waals surface area (Å²) in [6, 6.07) is 0. The first-order chi connectivity index (χ1) is 8.53. The van der Waals surface area contributed by atoms with Crippen molar-refractivity contribution in [3.8, 4) is 0 Å². The Bertz CT molecular complexity index is 544. The maximum atomic E-state index is 6.04. The van der Waals surface area contributed by atoms with Crippen LogP contribution in [0.1, 0.15) is 56.3 Å². The van der Waals surface area contributed by atoms with Gasteiger partial charge in [-0.2, -0.15) is 9.61 Å². The highest BCUT2D eigenvalue weighted by Crippen LogP contribution is 2.33. The molecule has 0 amide bonds. The molecule has 0 aliphatic heterocycles. The highest BCUT2D eigenvalue weighted by atomic mass is 32.1. The second-order valence-corrected chi connectivity index (χ2v) is 6.94. The summed E-state index contributed by atoms with van der Waals surface area (Å²) in [6.45, 7) is 4.04. The average molecular weight is 265 g/mol. The van der Waals surface area contributed by atoms with Crippen LogP contribution in [-0.4, -0.2) is 25.4 Å². The maximum Gasteiger partial charge on any atom is 0.234 e. The third-order valence-corrected chi connectivity index (χ3v) is 4.28. The molecule has 2 aromatic heterocycles. The summed E-state index contributed by atoms with van der Waals surface area (Å²) in [5.41, 5.74) is 5.81. The molecule has 2 aromatic rings. The Kier molecular flexibility index (Phi) is 2.86. The fraction of sp³-hybridized carbons (Fsp3) is 0.750. The van der Waals surface area contributed by atoms with E-state index in [9.17, 15) is 0 Å². The summed E-state index contributed by atoms with van der Waals surface area (Å²) in [5, 5.41) is 14.2. The molecule has 0 bridgehead atoms. The summed E-state index contributed by atoms with van der Waals surface area (Å²) in [5.74, 6) is 1.58. The minimum atomic E-state index is -0.225. The Morgan fingerprint density at radius 1 is 1.33 bits per heavy atom. The molecular weight excluding hydrogens is 246 g/mol. The number of nitrogens with zero attached hydrogens (tertiary/aromatic N) is 4. The molecule has 0 saturated heterocycles. The van der Waals surface area contributed by atoms with E-state index >= 15 is 0 Å². The maximum absolute atomic E-state index is 6.04. The van der Waals surface area contributed by atoms with Crippen LogP contribution in [0, 0.1) is 0 Å². The van der Waals surface area contributed by atoms with Gasteiger partial charge in [0.2, 0.25) is 4.96 Å². The lowest BCUT2D eigenvalue weighted by molar-refractivity contribution is 0.511. The molecule has 6 heteroatoms. The van der Waals surface area contributed by atoms with Gasteiger partial charge in [0, 0.05) is 17.9 Å². The standard InChI is InChI=1S/C12H19N5S/c1-12(2,13)7-9-16-17-10(8-5-3-4-6-8)14-15-11(17)18-9/h8H,3-7,13H2,1-2H3. The monoisotopic (exact) mass is 265 g/mol. The third kappa shape index (κ3) is 2.27. The lowest BCUT2D eigenvalue weighted by Gasteiger charge is -2.15. The van der Waals surface area contributed by atoms with Gasteiger partial charge in [-0.25, -0.2) is 0 Å². The summed E-state index contributed by atoms with van der Waals surface area (Å²) >= 11 is 1.60. The summed E-state index contributed by atoms with van der Waals surface area (Å²) in [7, 11) is 0. The first kappa shape index (κ1) is 12.0. The minimum absolute atomic E-state index is 0.225. The van der Waals surface area contributed by atoms with Gasteiger partial charge in [0.15, 0.2) is 5.82 Å². The largest absolute Gasteiger partial charge is 0.325 e. The van der Waals surface area contributed by atoms with Crippen molar-refractivity contribution >= 4 is 16.3 Å². The number of nitrogens with two attached hydrogens (primary N) is 1. The van der Waals surface area contributed by atoms with Gasteiger partial charge in [-0.3, -0.25) is 0 Å². The molecule has 1 saturated carbocycles. The van der Waals surface area contributed by atoms with Crippen LogP contribution in [0.2, 0.25) is 0 Å². The van der Waals surface area contributed by atoms with Crippen LogP contribution in [0.5, 0.6) is 0 Å². The highest BCUT2D eigenvalue weighted by Gasteiger charge is 2.24. The van der Waals surface area contributed by atoms with Gasteiger partial charge in [-0.15, -0.1) is 10.2 Å². The fourth-order valence-electron chi connectivity index (χ4n) is 2.57. The first-order valence-electron chi connectivity index (χ1n) is 6.53. The van der Waals surface area contributed by atoms with Crippen molar-refractivity contribution in [2.75, 3.05) is 0 Å². The van der Waals surface area contributed by atoms with E-state index in [1.54, 1.807) is 11.3 Å². The van der Waals surface area contributed by atoms with Crippen LogP contribution in [0.4, 0.5) is 0 Å². The van der Waals surface area contributed by atoms with Crippen LogP contribution in [-0.2, 0) is 6.42 Å². The van der Waals surface area contributed by atoms with Crippen molar-refractivity contribution in [3.05, 3.63) is 10.8 Å². The molecule has 2 N–H and O–H groups in total. The summed E-state index contributed by atoms with van der Waals surface area (Å²) in [4.78, 5) is 0.899. The third-order valence-electron chi connectivity index (χ3n) is 3.38. The molecular formula is C12H19N5S. The highest BCUT2D eigenvalue weighted by molar-refractivity contribution is 7.16. The molecule has 1 aliphatic carbocycles. The average Bonchev–Trinajstić information content (AvgIpc) is 2.88. The molecule has 18 heavy (non-hydrogen) atoms. The van der Waals surface area contributed by atoms with Gasteiger partial charge in [0.25, 0.3) is 0 Å². The molecule has 2 heterocycles. The molecule has 0 unspecified atom stereocenters. The topological polar surface area (TPSA) is 69.1 Å². The van der Waals surface area contributed by atoms with E-state index in [2.05, 4.69) is 15.3 Å². The normalized spacial score (nSPS) is 17.9. The van der Waals surface area contributed by atoms with Crippen molar-refractivity contribution < 1.29 is 0 Å². The molecule has 5 nitrogen and oxygen atoms in total. The molecule has 3 rings (SSSR count). The van der Waals surface area contributed by atoms with E-state index in [4.69, 9.17) is 5.73 Å². The van der Waals surface area contributed by atoms with Gasteiger partial charge in [-0.05, 0) is 26.7 Å². The van der Waals surface area contributed by atoms with Gasteiger partial charge in [-0.1, -0.05) is 24.2 Å². The molecule has 1 aliphatic rings. The van der Waals surface area contributed by atoms with E-state index in [-0.39, 0.29) is 5.54 Å². The Labute approximate surface area is 110 Å². The Hall–Kier alpha value is -1.01. The van der Waals surface area contributed by atoms with E-state index in [1.807, 2.05) is 18.4 Å². The lowest BCUT2D eigenvalue weighted by atomic mass is 10.0. The molecule has 0 aromatic carbocycles. The van der Waals surface area contributed by atoms with Crippen LogP contribution in [0.15, 0.2) is 0 Å². The van der Waals surface area contributed by atoms with E-state index < -0.39 is 0 Å². The van der Waals surface area contributed by atoms with E-state index in [0.29, 0.717) is 5.92 Å². The number of aromatic nitrogens is 4. The zero-order valence-electron chi connectivity index (χ0n) is 10.9. The molecule has 98 valence electrons. The van der Waals surface area contributed by atoms with Crippen molar-refractivity contribution in [2.45, 2.75) is 57.4 Å². The van der Waals surface area contributed by atoms with E-state index in [0.717, 1.165) is 22.2 Å². The van der Waals surface area contributed by atoms with Crippen molar-refractivity contribution in [1.82, 2.24) is 19.8 Å². The molecule has 0 spiro atoms. The zero-order valence-corrected chi connectivity index (χ0v) is 11.7. The second-order valence-electron chi connectivity index (χ2n) is 5.90. The molecule has 0 atom stereocenters. The van der Waals surface area contributed by atoms with Crippen LogP contribution in [0.25, 0.3) is 4.96 Å². The van der Waals surface area contributed by atoms with Gasteiger partial charge < -0.3 is 5.73 Å². The Morgan fingerprint density at radius 2 is 2.06 bits per heavy atom. The van der Waals surface area contributed by atoms with Crippen molar-refractivity contribution in [3.63, 3.8) is 0 Å². The van der Waals surface area contributed by atoms with Crippen molar-refractivity contribution in [2.24, 2.45) is 5.73 Å². The minimum Gasteiger partial charge on any atom is -0.325 e. The quantitative estimate of drug-likeness (QED) is 0.923. The molecule has 1 fully saturated rings. The second kappa shape index (κ2) is 4.28. The first-order valence-corrected chi connectivity index (χ1v) is 7.34. The van der Waals surface area contributed by atoms with Crippen LogP contribution < -0.4 is 5.73 Å². The van der Waals surface area contributed by atoms with Gasteiger partial charge in [0.1, 0.15) is 5.01 Å². The van der Waals surface area contributed by atoms with E-state index in [1.165, 1.54) is 25.7 Å². The summed E-state index contributed by atoms with van der Waals surface area (Å²) in [6.07, 6.45) is 5.82. The van der Waals surface area contributed by atoms with Crippen LogP contribution >= 0.6 is 11.3 Å². The van der Waals surface area contributed by atoms with Crippen LogP contribution in [0.3, 0.4) is 0 Å². The number of hydrogen-bond acceptors (Lipinski definition) is 5. The number of hydrogen-bond donors (Lipinski definition) is 1. The van der Waals surface area contributed by atoms with Crippen molar-refractivity contribution in [1.29, 1.82) is 0 Å². The zero-order chi connectivity index (χ0) is 12.8. The van der Waals surface area contributed by atoms with Gasteiger partial charge >= 0.3 is 0 Å². The predicted octanol–water partition coefficient (Wildman–Crippen LogP) is 2.12. The molecule has 0 radical (unpaired) electrons. The fourth-order valence-corrected chi connectivity index (χ4v) is 3.65.